The molecule has 0 atom stereocenters. The third-order valence-electron chi connectivity index (χ3n) is 3.12. The van der Waals surface area contributed by atoms with Crippen molar-refractivity contribution in [3.05, 3.63) is 13.8 Å². The van der Waals surface area contributed by atoms with Gasteiger partial charge in [-0.3, -0.25) is 0 Å². The van der Waals surface area contributed by atoms with Crippen LogP contribution in [0.1, 0.15) is 81.1 Å². The molecule has 0 aliphatic heterocycles. The SMILES string of the molecule is CC(C)[CH2][Al]([CH2]C(C)C)[CH2]C(C)C.O=C=O.[CH2-]CCC.[CH2-]CCC.[Mg+2]. The predicted molar refractivity (Wildman–Crippen MR) is 116 cm³/mol. The minimum absolute atomic E-state index is 0. The second-order valence-corrected chi connectivity index (χ2v) is 10.7. The molecule has 146 valence electrons. The van der Waals surface area contributed by atoms with Crippen molar-refractivity contribution in [1.82, 2.24) is 0 Å². The molecule has 0 spiro atoms. The Morgan fingerprint density at radius 2 is 0.880 bits per heavy atom. The van der Waals surface area contributed by atoms with E-state index in [0.29, 0.717) is 0 Å². The van der Waals surface area contributed by atoms with Gasteiger partial charge in [0.15, 0.2) is 0 Å². The van der Waals surface area contributed by atoms with Crippen molar-refractivity contribution >= 4 is 43.4 Å². The molecule has 0 bridgehead atoms. The van der Waals surface area contributed by atoms with Crippen LogP contribution in [0.4, 0.5) is 0 Å². The number of carbonyl (C=O) groups excluding carboxylic acids is 2. The number of hydrogen-bond acceptors (Lipinski definition) is 2. The molecule has 0 aliphatic rings. The van der Waals surface area contributed by atoms with Gasteiger partial charge in [0.2, 0.25) is 0 Å². The van der Waals surface area contributed by atoms with Crippen molar-refractivity contribution in [3.8, 4) is 0 Å². The van der Waals surface area contributed by atoms with Crippen LogP contribution < -0.4 is 0 Å². The fourth-order valence-corrected chi connectivity index (χ4v) is 6.87. The minimum atomic E-state index is -0.407. The van der Waals surface area contributed by atoms with Crippen LogP contribution in [-0.4, -0.2) is 43.4 Å². The zero-order chi connectivity index (χ0) is 20.0. The molecule has 4 heteroatoms. The van der Waals surface area contributed by atoms with Gasteiger partial charge in [-0.05, 0) is 0 Å². The van der Waals surface area contributed by atoms with E-state index in [1.165, 1.54) is 12.8 Å². The summed E-state index contributed by atoms with van der Waals surface area (Å²) in [6.45, 7) is 25.7. The molecule has 0 fully saturated rings. The molecule has 25 heavy (non-hydrogen) atoms. The summed E-state index contributed by atoms with van der Waals surface area (Å²) in [5, 5.41) is 4.66. The number of hydrogen-bond donors (Lipinski definition) is 0. The zero-order valence-electron chi connectivity index (χ0n) is 18.7. The van der Waals surface area contributed by atoms with E-state index in [1.54, 1.807) is 15.8 Å². The van der Waals surface area contributed by atoms with Crippen LogP contribution in [0.3, 0.4) is 0 Å². The van der Waals surface area contributed by atoms with Crippen molar-refractivity contribution in [2.75, 3.05) is 0 Å². The van der Waals surface area contributed by atoms with E-state index >= 15 is 0 Å². The third-order valence-corrected chi connectivity index (χ3v) is 7.95. The quantitative estimate of drug-likeness (QED) is 0.345. The fourth-order valence-electron chi connectivity index (χ4n) is 2.29. The Balaban J connectivity index is -0.0000000918. The Morgan fingerprint density at radius 1 is 0.720 bits per heavy atom. The summed E-state index contributed by atoms with van der Waals surface area (Å²) < 4.78 is 0. The summed E-state index contributed by atoms with van der Waals surface area (Å²) in [4.78, 5) is 16.2. The first kappa shape index (κ1) is 36.6. The van der Waals surface area contributed by atoms with Crippen LogP contribution in [0.5, 0.6) is 0 Å². The van der Waals surface area contributed by atoms with Crippen LogP contribution in [0, 0.1) is 31.6 Å². The molecule has 2 nitrogen and oxygen atoms in total. The Hall–Kier alpha value is 0.679. The van der Waals surface area contributed by atoms with Gasteiger partial charge in [-0.15, -0.1) is 0 Å². The third kappa shape index (κ3) is 58.9. The first-order valence-electron chi connectivity index (χ1n) is 9.74. The Labute approximate surface area is 180 Å². The standard InChI is InChI=1S/5C4H9.CO2.Al.Mg/c3*1-4(2)3;2*1-3-4-2;2-1-3;;/h3*4H,1H2,2-3H3;2*1,3-4H2,2H3;;;/q;;;2*-1;;;+2. The summed E-state index contributed by atoms with van der Waals surface area (Å²) in [6, 6.07) is 0. The first-order valence-corrected chi connectivity index (χ1v) is 12.2. The summed E-state index contributed by atoms with van der Waals surface area (Å²) in [7, 11) is 0. The summed E-state index contributed by atoms with van der Waals surface area (Å²) in [6.07, 6.45) is 4.81. The van der Waals surface area contributed by atoms with Gasteiger partial charge in [-0.25, -0.2) is 0 Å². The van der Waals surface area contributed by atoms with E-state index in [1.807, 2.05) is 0 Å². The molecule has 0 rings (SSSR count). The van der Waals surface area contributed by atoms with Crippen molar-refractivity contribution in [2.24, 2.45) is 17.8 Å². The summed E-state index contributed by atoms with van der Waals surface area (Å²) in [5.74, 6) is 2.78. The molecule has 0 radical (unpaired) electrons. The van der Waals surface area contributed by atoms with Gasteiger partial charge in [0.05, 0.1) is 0 Å². The Morgan fingerprint density at radius 3 is 0.960 bits per heavy atom. The van der Waals surface area contributed by atoms with Crippen molar-refractivity contribution in [2.45, 2.75) is 96.9 Å². The van der Waals surface area contributed by atoms with Gasteiger partial charge < -0.3 is 13.8 Å². The second-order valence-electron chi connectivity index (χ2n) is 7.55. The van der Waals surface area contributed by atoms with Crippen LogP contribution in [0.25, 0.3) is 0 Å². The van der Waals surface area contributed by atoms with Gasteiger partial charge in [-0.2, -0.15) is 22.4 Å². The minimum Gasteiger partial charge on any atom is -0.343 e. The van der Waals surface area contributed by atoms with Gasteiger partial charge in [0, 0.05) is 0 Å². The molecule has 0 heterocycles. The average molecular weight is 381 g/mol. The summed E-state index contributed by atoms with van der Waals surface area (Å²) >= 11 is -0.407. The molecule has 0 aromatic carbocycles. The molecule has 0 N–H and O–H groups in total. The van der Waals surface area contributed by atoms with Gasteiger partial charge >= 0.3 is 29.2 Å². The number of unbranched alkanes of at least 4 members (excludes halogenated alkanes) is 2. The molecule has 0 aromatic heterocycles. The monoisotopic (exact) mass is 380 g/mol. The zero-order valence-corrected chi connectivity index (χ0v) is 21.3. The van der Waals surface area contributed by atoms with E-state index in [2.05, 4.69) is 69.2 Å². The molecule has 0 saturated carbocycles. The Bertz CT molecular complexity index is 206. The molecular weight excluding hydrogens is 336 g/mol. The normalized spacial score (nSPS) is 8.84. The topological polar surface area (TPSA) is 34.1 Å². The fraction of sp³-hybridized carbons (Fsp3) is 0.857. The van der Waals surface area contributed by atoms with Gasteiger partial charge in [0.25, 0.3) is 14.1 Å². The molecule has 0 aromatic rings. The van der Waals surface area contributed by atoms with E-state index < -0.39 is 14.1 Å². The average Bonchev–Trinajstić information content (AvgIpc) is 2.46. The molecule has 0 amide bonds. The van der Waals surface area contributed by atoms with Crippen LogP contribution in [-0.2, 0) is 9.59 Å². The predicted octanol–water partition coefficient (Wildman–Crippen LogP) is 6.73. The maximum Gasteiger partial charge on any atom is 2.00 e. The molecular formula is C21H45AlMgO2. The van der Waals surface area contributed by atoms with Crippen LogP contribution in [0.15, 0.2) is 0 Å². The first-order chi connectivity index (χ1) is 11.2. The maximum atomic E-state index is 8.12. The molecule has 0 saturated heterocycles. The van der Waals surface area contributed by atoms with E-state index in [9.17, 15) is 0 Å². The number of rotatable bonds is 8. The largest absolute Gasteiger partial charge is 2.00 e. The molecule has 0 aliphatic carbocycles. The maximum absolute atomic E-state index is 8.12. The van der Waals surface area contributed by atoms with Gasteiger partial charge in [0.1, 0.15) is 0 Å². The van der Waals surface area contributed by atoms with E-state index in [4.69, 9.17) is 9.59 Å². The second kappa shape index (κ2) is 32.4. The van der Waals surface area contributed by atoms with Crippen molar-refractivity contribution in [3.63, 3.8) is 0 Å². The van der Waals surface area contributed by atoms with Gasteiger partial charge in [-0.1, -0.05) is 102 Å². The van der Waals surface area contributed by atoms with Crippen LogP contribution in [0.2, 0.25) is 15.8 Å². The smallest absolute Gasteiger partial charge is 0.343 e. The van der Waals surface area contributed by atoms with E-state index in [-0.39, 0.29) is 29.2 Å². The molecule has 0 unspecified atom stereocenters. The van der Waals surface area contributed by atoms with Crippen molar-refractivity contribution < 1.29 is 9.59 Å². The Kier molecular flexibility index (Phi) is 47.3. The van der Waals surface area contributed by atoms with E-state index in [0.717, 1.165) is 30.6 Å². The summed E-state index contributed by atoms with van der Waals surface area (Å²) in [5.41, 5.74) is 0. The van der Waals surface area contributed by atoms with Crippen LogP contribution >= 0.6 is 0 Å². The van der Waals surface area contributed by atoms with Crippen molar-refractivity contribution in [1.29, 1.82) is 0 Å².